The molecule has 12 aromatic rings. The van der Waals surface area contributed by atoms with Crippen LogP contribution < -0.4 is 18.3 Å². The molecule has 0 aliphatic heterocycles. The van der Waals surface area contributed by atoms with Crippen LogP contribution in [0.4, 0.5) is 0 Å². The number of aryl methyl sites for hydroxylation is 10. The van der Waals surface area contributed by atoms with Crippen molar-refractivity contribution in [2.75, 3.05) is 0 Å². The van der Waals surface area contributed by atoms with Crippen molar-refractivity contribution in [3.8, 4) is 89.5 Å². The molecule has 4 heterocycles. The summed E-state index contributed by atoms with van der Waals surface area (Å²) in [5, 5.41) is 0. The molecule has 4 heteroatoms. The number of aromatic nitrogens is 4. The molecule has 0 radical (unpaired) electrons. The van der Waals surface area contributed by atoms with Crippen molar-refractivity contribution in [1.29, 1.82) is 0 Å². The smallest absolute Gasteiger partial charge is 0.201 e. The minimum atomic E-state index is 0.553. The number of rotatable bonds is 10. The van der Waals surface area contributed by atoms with Gasteiger partial charge in [-0.1, -0.05) is 191 Å². The van der Waals surface area contributed by atoms with Gasteiger partial charge in [0.25, 0.3) is 0 Å². The lowest BCUT2D eigenvalue weighted by Crippen LogP contribution is -2.31. The second kappa shape index (κ2) is 28.8. The van der Waals surface area contributed by atoms with Crippen molar-refractivity contribution in [3.05, 3.63) is 312 Å². The van der Waals surface area contributed by atoms with Crippen LogP contribution in [0, 0.1) is 34.6 Å². The molecule has 0 bridgehead atoms. The van der Waals surface area contributed by atoms with Gasteiger partial charge in [-0.15, -0.1) is 0 Å². The van der Waals surface area contributed by atoms with Gasteiger partial charge in [-0.25, -0.2) is 18.3 Å². The average molecular weight is 1130 g/mol. The molecular weight excluding hydrogens is 1040 g/mol. The Labute approximate surface area is 513 Å². The molecule has 0 atom stereocenters. The predicted octanol–water partition coefficient (Wildman–Crippen LogP) is 18.6. The number of pyridine rings is 4. The zero-order valence-electron chi connectivity index (χ0n) is 52.6. The Hall–Kier alpha value is -9.64. The van der Waals surface area contributed by atoms with Crippen LogP contribution in [0.1, 0.15) is 65.6 Å². The summed E-state index contributed by atoms with van der Waals surface area (Å²) in [5.74, 6) is 0.553. The Kier molecular flexibility index (Phi) is 20.4. The van der Waals surface area contributed by atoms with E-state index in [1.165, 1.54) is 128 Å². The monoisotopic (exact) mass is 1120 g/mol. The summed E-state index contributed by atoms with van der Waals surface area (Å²) < 4.78 is 8.81. The van der Waals surface area contributed by atoms with Gasteiger partial charge in [-0.3, -0.25) is 0 Å². The third kappa shape index (κ3) is 15.2. The van der Waals surface area contributed by atoms with E-state index in [9.17, 15) is 0 Å². The standard InChI is InChI=1S/C22H24N.C21H22N.C20H20N.C19H18N/c1-16(2)20-11-13-22(23(4)15-20)21-12-10-19(14-17(21)3)18-8-6-5-7-9-18;1-4-17-10-13-21(22(3)15-17)20-12-11-19(14-16(20)2)18-8-6-5-7-9-18;1-15-9-12-20(21(3)14-15)19-11-10-18(13-16(19)2)17-7-5-4-6-8-17;1-15-14-17(16-8-4-3-5-9-16)11-12-18(15)19-10-6-7-13-20(19)2/h5-16H,1-4H3;5-15H,4H2,1-3H3;4-14H,1-3H3;3-14H,1-2H3/q4*+1. The van der Waals surface area contributed by atoms with Crippen molar-refractivity contribution in [1.82, 2.24) is 0 Å². The first kappa shape index (κ1) is 60.9. The Balaban J connectivity index is 0.000000137. The molecule has 0 spiro atoms. The van der Waals surface area contributed by atoms with Gasteiger partial charge >= 0.3 is 0 Å². The van der Waals surface area contributed by atoms with Crippen LogP contribution in [0.3, 0.4) is 0 Å². The van der Waals surface area contributed by atoms with Crippen LogP contribution in [0.25, 0.3) is 89.5 Å². The van der Waals surface area contributed by atoms with E-state index >= 15 is 0 Å². The Morgan fingerprint density at radius 3 is 0.930 bits per heavy atom. The summed E-state index contributed by atoms with van der Waals surface area (Å²) in [6.07, 6.45) is 9.78. The number of hydrogen-bond acceptors (Lipinski definition) is 0. The van der Waals surface area contributed by atoms with Crippen LogP contribution >= 0.6 is 0 Å². The maximum absolute atomic E-state index is 2.28. The summed E-state index contributed by atoms with van der Waals surface area (Å²) in [7, 11) is 8.44. The first-order valence-corrected chi connectivity index (χ1v) is 30.2. The van der Waals surface area contributed by atoms with E-state index in [1.807, 2.05) is 0 Å². The van der Waals surface area contributed by atoms with Crippen molar-refractivity contribution in [3.63, 3.8) is 0 Å². The molecule has 0 amide bonds. The second-order valence-corrected chi connectivity index (χ2v) is 23.0. The average Bonchev–Trinajstić information content (AvgIpc) is 3.73. The van der Waals surface area contributed by atoms with E-state index in [4.69, 9.17) is 0 Å². The zero-order chi connectivity index (χ0) is 60.7. The Bertz CT molecular complexity index is 4200. The molecule has 0 aliphatic rings. The molecular formula is C82H84N4+4. The SMILES string of the molecule is CCc1ccc(-c2ccc(-c3ccccc3)cc2C)[n+](C)c1.Cc1cc(-c2ccccc2)ccc1-c1ccc(C(C)C)c[n+]1C.Cc1cc(-c2ccccc2)ccc1-c1cccc[n+]1C.Cc1ccc(-c2ccc(-c3ccccc3)cc2C)[n+](C)c1. The van der Waals surface area contributed by atoms with Gasteiger partial charge in [0.15, 0.2) is 24.8 Å². The summed E-state index contributed by atoms with van der Waals surface area (Å²) in [4.78, 5) is 0. The normalized spacial score (nSPS) is 10.7. The number of nitrogens with zero attached hydrogens (tertiary/aromatic N) is 4. The molecule has 0 unspecified atom stereocenters. The summed E-state index contributed by atoms with van der Waals surface area (Å²) >= 11 is 0. The van der Waals surface area contributed by atoms with E-state index in [0.717, 1.165) is 6.42 Å². The molecule has 8 aromatic carbocycles. The molecule has 12 rings (SSSR count). The van der Waals surface area contributed by atoms with Gasteiger partial charge in [0.2, 0.25) is 22.8 Å². The van der Waals surface area contributed by atoms with Crippen molar-refractivity contribution < 1.29 is 18.3 Å². The maximum Gasteiger partial charge on any atom is 0.212 e. The van der Waals surface area contributed by atoms with Crippen molar-refractivity contribution in [2.45, 2.75) is 67.7 Å². The molecule has 0 saturated heterocycles. The summed E-state index contributed by atoms with van der Waals surface area (Å²) in [6.45, 7) is 17.5. The highest BCUT2D eigenvalue weighted by molar-refractivity contribution is 5.74. The quantitative estimate of drug-likeness (QED) is 0.121. The van der Waals surface area contributed by atoms with E-state index in [-0.39, 0.29) is 0 Å². The predicted molar refractivity (Wildman–Crippen MR) is 361 cm³/mol. The molecule has 0 aliphatic carbocycles. The lowest BCUT2D eigenvalue weighted by molar-refractivity contribution is -0.661. The van der Waals surface area contributed by atoms with E-state index in [2.05, 4.69) is 375 Å². The minimum absolute atomic E-state index is 0.553. The lowest BCUT2D eigenvalue weighted by Gasteiger charge is -2.09. The zero-order valence-corrected chi connectivity index (χ0v) is 52.6. The second-order valence-electron chi connectivity index (χ2n) is 23.0. The lowest BCUT2D eigenvalue weighted by atomic mass is 9.97. The maximum atomic E-state index is 2.28. The number of hydrogen-bond donors (Lipinski definition) is 0. The number of benzene rings is 8. The van der Waals surface area contributed by atoms with Gasteiger partial charge in [-0.05, 0) is 162 Å². The van der Waals surface area contributed by atoms with Crippen LogP contribution in [-0.2, 0) is 34.6 Å². The Morgan fingerprint density at radius 1 is 0.291 bits per heavy atom. The van der Waals surface area contributed by atoms with Crippen LogP contribution in [0.15, 0.2) is 274 Å². The molecule has 0 N–H and O–H groups in total. The Morgan fingerprint density at radius 2 is 0.616 bits per heavy atom. The minimum Gasteiger partial charge on any atom is -0.201 e. The fourth-order valence-corrected chi connectivity index (χ4v) is 11.3. The fraction of sp³-hybridized carbons (Fsp3) is 0.171. The highest BCUT2D eigenvalue weighted by Crippen LogP contribution is 2.31. The van der Waals surface area contributed by atoms with Gasteiger partial charge < -0.3 is 0 Å². The van der Waals surface area contributed by atoms with Gasteiger partial charge in [0, 0.05) is 69.3 Å². The fourth-order valence-electron chi connectivity index (χ4n) is 11.3. The first-order chi connectivity index (χ1) is 41.6. The third-order valence-electron chi connectivity index (χ3n) is 16.2. The molecule has 0 saturated carbocycles. The largest absolute Gasteiger partial charge is 0.212 e. The van der Waals surface area contributed by atoms with Crippen LogP contribution in [-0.4, -0.2) is 0 Å². The van der Waals surface area contributed by atoms with Crippen molar-refractivity contribution in [2.24, 2.45) is 28.2 Å². The van der Waals surface area contributed by atoms with Crippen LogP contribution in [0.5, 0.6) is 0 Å². The van der Waals surface area contributed by atoms with Gasteiger partial charge in [-0.2, -0.15) is 0 Å². The van der Waals surface area contributed by atoms with Gasteiger partial charge in [0.1, 0.15) is 28.2 Å². The third-order valence-corrected chi connectivity index (χ3v) is 16.2. The van der Waals surface area contributed by atoms with E-state index in [1.54, 1.807) is 0 Å². The molecule has 4 nitrogen and oxygen atoms in total. The van der Waals surface area contributed by atoms with E-state index in [0.29, 0.717) is 5.92 Å². The molecule has 86 heavy (non-hydrogen) atoms. The van der Waals surface area contributed by atoms with Crippen molar-refractivity contribution >= 4 is 0 Å². The highest BCUT2D eigenvalue weighted by atomic mass is 14.9. The molecule has 0 fully saturated rings. The first-order valence-electron chi connectivity index (χ1n) is 30.2. The highest BCUT2D eigenvalue weighted by Gasteiger charge is 2.18. The molecule has 428 valence electrons. The van der Waals surface area contributed by atoms with E-state index < -0.39 is 0 Å². The molecule has 4 aromatic heterocycles. The summed E-state index contributed by atoms with van der Waals surface area (Å²) in [6, 6.07) is 88.5. The topological polar surface area (TPSA) is 15.5 Å². The summed E-state index contributed by atoms with van der Waals surface area (Å²) in [5.41, 5.74) is 29.5. The van der Waals surface area contributed by atoms with Gasteiger partial charge in [0.05, 0.1) is 0 Å². The van der Waals surface area contributed by atoms with Crippen LogP contribution in [0.2, 0.25) is 0 Å².